The monoisotopic (exact) mass is 618 g/mol. The molecular formula is C34H36F2N4O5. The third kappa shape index (κ3) is 7.15. The molecule has 45 heavy (non-hydrogen) atoms. The first-order chi connectivity index (χ1) is 21.7. The summed E-state index contributed by atoms with van der Waals surface area (Å²) in [7, 11) is 1.71. The van der Waals surface area contributed by atoms with Crippen LogP contribution in [0.4, 0.5) is 14.5 Å². The van der Waals surface area contributed by atoms with Crippen molar-refractivity contribution in [2.75, 3.05) is 32.1 Å². The average Bonchev–Trinajstić information content (AvgIpc) is 3.47. The van der Waals surface area contributed by atoms with Gasteiger partial charge in [-0.1, -0.05) is 30.3 Å². The summed E-state index contributed by atoms with van der Waals surface area (Å²) in [5.74, 6) is -2.82. The fourth-order valence-electron chi connectivity index (χ4n) is 6.38. The first kappa shape index (κ1) is 30.7. The van der Waals surface area contributed by atoms with E-state index in [1.165, 1.54) is 17.7 Å². The number of ether oxygens (including phenoxy) is 2. The Hall–Kier alpha value is -4.35. The lowest BCUT2D eigenvalue weighted by atomic mass is 9.94. The zero-order valence-corrected chi connectivity index (χ0v) is 25.0. The summed E-state index contributed by atoms with van der Waals surface area (Å²) >= 11 is 0. The van der Waals surface area contributed by atoms with Crippen LogP contribution in [0.2, 0.25) is 0 Å². The second-order valence-electron chi connectivity index (χ2n) is 11.9. The van der Waals surface area contributed by atoms with Crippen LogP contribution in [-0.4, -0.2) is 78.6 Å². The van der Waals surface area contributed by atoms with E-state index in [4.69, 9.17) is 9.47 Å². The SMILES string of the molecule is CN1C(=O)c2cc(NC(=O)c3ccc(F)c(F)c3)ccc2OC[C@@H]2O[C@@H](CC(=O)N[C@@H]3CCN(Cc4ccccc4)C3)CC[C@H]21. The number of benzene rings is 3. The molecule has 2 saturated heterocycles. The fraction of sp³-hybridized carbons (Fsp3) is 0.382. The number of likely N-dealkylation sites (tertiary alicyclic amines) is 1. The van der Waals surface area contributed by atoms with Gasteiger partial charge in [0.2, 0.25) is 5.91 Å². The van der Waals surface area contributed by atoms with E-state index in [2.05, 4.69) is 27.7 Å². The Balaban J connectivity index is 1.04. The summed E-state index contributed by atoms with van der Waals surface area (Å²) in [6, 6.07) is 17.7. The van der Waals surface area contributed by atoms with Gasteiger partial charge in [-0.25, -0.2) is 8.78 Å². The van der Waals surface area contributed by atoms with E-state index in [1.807, 2.05) is 18.2 Å². The van der Waals surface area contributed by atoms with Gasteiger partial charge in [0.1, 0.15) is 18.5 Å². The molecule has 3 aliphatic heterocycles. The van der Waals surface area contributed by atoms with Gasteiger partial charge >= 0.3 is 0 Å². The molecule has 3 aliphatic rings. The van der Waals surface area contributed by atoms with Gasteiger partial charge in [0.15, 0.2) is 11.6 Å². The zero-order valence-electron chi connectivity index (χ0n) is 25.0. The van der Waals surface area contributed by atoms with E-state index in [-0.39, 0.29) is 54.2 Å². The number of hydrogen-bond acceptors (Lipinski definition) is 6. The molecule has 3 aromatic carbocycles. The Bertz CT molecular complexity index is 1570. The van der Waals surface area contributed by atoms with Gasteiger partial charge in [-0.05, 0) is 61.2 Å². The Labute approximate surface area is 260 Å². The zero-order chi connectivity index (χ0) is 31.5. The standard InChI is InChI=1S/C34H36F2N4O5/c1-39-29-11-9-25(17-32(41)37-24-13-14-40(19-24)18-21-5-3-2-4-6-21)45-31(29)20-44-30-12-8-23(16-26(30)34(39)43)38-33(42)22-7-10-27(35)28(36)15-22/h2-8,10,12,15-16,24-25,29,31H,9,11,13-14,17-20H2,1H3,(H,37,41)(H,38,42)/t24-,25-,29-,31+/m1/s1. The van der Waals surface area contributed by atoms with Crippen molar-refractivity contribution < 1.29 is 32.6 Å². The minimum Gasteiger partial charge on any atom is -0.490 e. The molecule has 3 amide bonds. The number of likely N-dealkylation sites (N-methyl/N-ethyl adjacent to an activating group) is 1. The third-order valence-corrected chi connectivity index (χ3v) is 8.75. The molecule has 11 heteroatoms. The molecule has 0 saturated carbocycles. The van der Waals surface area contributed by atoms with E-state index in [0.29, 0.717) is 24.3 Å². The third-order valence-electron chi connectivity index (χ3n) is 8.75. The number of carbonyl (C=O) groups is 3. The second kappa shape index (κ2) is 13.3. The molecule has 236 valence electrons. The highest BCUT2D eigenvalue weighted by Gasteiger charge is 2.39. The molecule has 2 fully saturated rings. The molecule has 0 aromatic heterocycles. The summed E-state index contributed by atoms with van der Waals surface area (Å²) < 4.78 is 39.2. The normalized spacial score (nSPS) is 23.3. The fourth-order valence-corrected chi connectivity index (χ4v) is 6.38. The highest BCUT2D eigenvalue weighted by molar-refractivity contribution is 6.05. The van der Waals surface area contributed by atoms with Gasteiger partial charge in [0.05, 0.1) is 24.1 Å². The van der Waals surface area contributed by atoms with Gasteiger partial charge in [0, 0.05) is 44.0 Å². The molecule has 0 aliphatic carbocycles. The van der Waals surface area contributed by atoms with Crippen molar-refractivity contribution in [1.82, 2.24) is 15.1 Å². The molecule has 6 rings (SSSR count). The topological polar surface area (TPSA) is 100 Å². The number of hydrogen-bond donors (Lipinski definition) is 2. The van der Waals surface area contributed by atoms with Crippen LogP contribution in [-0.2, 0) is 16.1 Å². The van der Waals surface area contributed by atoms with E-state index in [0.717, 1.165) is 38.2 Å². The summed E-state index contributed by atoms with van der Waals surface area (Å²) in [6.45, 7) is 2.80. The number of amides is 3. The summed E-state index contributed by atoms with van der Waals surface area (Å²) in [4.78, 5) is 43.1. The van der Waals surface area contributed by atoms with Gasteiger partial charge in [-0.15, -0.1) is 0 Å². The number of rotatable bonds is 7. The summed E-state index contributed by atoms with van der Waals surface area (Å²) in [6.07, 6.45) is 1.71. The van der Waals surface area contributed by atoms with E-state index >= 15 is 0 Å². The van der Waals surface area contributed by atoms with Crippen LogP contribution in [0, 0.1) is 11.6 Å². The quantitative estimate of drug-likeness (QED) is 0.408. The largest absolute Gasteiger partial charge is 0.490 e. The van der Waals surface area contributed by atoms with Gasteiger partial charge in [-0.2, -0.15) is 0 Å². The number of nitrogens with zero attached hydrogens (tertiary/aromatic N) is 2. The predicted molar refractivity (Wildman–Crippen MR) is 163 cm³/mol. The molecular weight excluding hydrogens is 582 g/mol. The number of fused-ring (bicyclic) bond motifs is 2. The van der Waals surface area contributed by atoms with Crippen LogP contribution in [0.1, 0.15) is 52.0 Å². The van der Waals surface area contributed by atoms with Gasteiger partial charge in [-0.3, -0.25) is 19.3 Å². The van der Waals surface area contributed by atoms with E-state index < -0.39 is 23.6 Å². The lowest BCUT2D eigenvalue weighted by molar-refractivity contribution is -0.134. The predicted octanol–water partition coefficient (Wildman–Crippen LogP) is 4.38. The maximum atomic E-state index is 13.6. The molecule has 9 nitrogen and oxygen atoms in total. The number of anilines is 1. The Morgan fingerprint density at radius 3 is 2.60 bits per heavy atom. The molecule has 4 atom stereocenters. The lowest BCUT2D eigenvalue weighted by Crippen LogP contribution is -2.54. The summed E-state index contributed by atoms with van der Waals surface area (Å²) in [5.41, 5.74) is 1.77. The van der Waals surface area contributed by atoms with Crippen molar-refractivity contribution in [1.29, 1.82) is 0 Å². The van der Waals surface area contributed by atoms with Crippen LogP contribution in [0.25, 0.3) is 0 Å². The first-order valence-corrected chi connectivity index (χ1v) is 15.2. The lowest BCUT2D eigenvalue weighted by Gasteiger charge is -2.42. The van der Waals surface area contributed by atoms with Crippen molar-refractivity contribution in [2.45, 2.75) is 56.5 Å². The Kier molecular flexibility index (Phi) is 9.09. The van der Waals surface area contributed by atoms with Crippen LogP contribution in [0.5, 0.6) is 5.75 Å². The molecule has 0 spiro atoms. The van der Waals surface area contributed by atoms with Crippen LogP contribution < -0.4 is 15.4 Å². The molecule has 0 radical (unpaired) electrons. The highest BCUT2D eigenvalue weighted by atomic mass is 19.2. The van der Waals surface area contributed by atoms with Crippen molar-refractivity contribution >= 4 is 23.4 Å². The van der Waals surface area contributed by atoms with Crippen molar-refractivity contribution in [3.63, 3.8) is 0 Å². The van der Waals surface area contributed by atoms with Crippen LogP contribution in [0.15, 0.2) is 66.7 Å². The van der Waals surface area contributed by atoms with Crippen molar-refractivity contribution in [3.8, 4) is 5.75 Å². The number of halogens is 2. The van der Waals surface area contributed by atoms with E-state index in [1.54, 1.807) is 24.1 Å². The maximum absolute atomic E-state index is 13.6. The smallest absolute Gasteiger partial charge is 0.257 e. The minimum absolute atomic E-state index is 0.0375. The molecule has 3 aromatic rings. The van der Waals surface area contributed by atoms with E-state index in [9.17, 15) is 23.2 Å². The molecule has 0 bridgehead atoms. The minimum atomic E-state index is -1.13. The first-order valence-electron chi connectivity index (χ1n) is 15.2. The van der Waals surface area contributed by atoms with Crippen LogP contribution in [0.3, 0.4) is 0 Å². The number of carbonyl (C=O) groups excluding carboxylic acids is 3. The highest BCUT2D eigenvalue weighted by Crippen LogP contribution is 2.33. The molecule has 3 heterocycles. The Morgan fingerprint density at radius 1 is 0.978 bits per heavy atom. The van der Waals surface area contributed by atoms with Gasteiger partial charge < -0.3 is 25.0 Å². The average molecular weight is 619 g/mol. The second-order valence-corrected chi connectivity index (χ2v) is 11.9. The Morgan fingerprint density at radius 2 is 1.80 bits per heavy atom. The number of nitrogens with one attached hydrogen (secondary N) is 2. The molecule has 2 N–H and O–H groups in total. The molecule has 0 unspecified atom stereocenters. The van der Waals surface area contributed by atoms with Crippen molar-refractivity contribution in [2.24, 2.45) is 0 Å². The van der Waals surface area contributed by atoms with Gasteiger partial charge in [0.25, 0.3) is 11.8 Å². The van der Waals surface area contributed by atoms with Crippen LogP contribution >= 0.6 is 0 Å². The maximum Gasteiger partial charge on any atom is 0.257 e. The summed E-state index contributed by atoms with van der Waals surface area (Å²) in [5, 5.41) is 5.80. The van der Waals surface area contributed by atoms with Crippen molar-refractivity contribution in [3.05, 3.63) is 95.1 Å².